The minimum Gasteiger partial charge on any atom is -0.379 e. The molecule has 0 unspecified atom stereocenters. The van der Waals surface area contributed by atoms with Gasteiger partial charge in [-0.15, -0.1) is 0 Å². The molecule has 0 fully saturated rings. The Hall–Kier alpha value is -1.01. The van der Waals surface area contributed by atoms with E-state index < -0.39 is 0 Å². The van der Waals surface area contributed by atoms with Crippen LogP contribution in [-0.2, 0) is 11.3 Å². The smallest absolute Gasteiger partial charge is 0.268 e. The Morgan fingerprint density at radius 3 is 2.56 bits per heavy atom. The molecule has 0 saturated carbocycles. The fraction of sp³-hybridized carbons (Fsp3) is 0.600. The molecular weight excluding hydrogens is 228 g/mol. The number of rotatable bonds is 5. The summed E-state index contributed by atoms with van der Waals surface area (Å²) < 4.78 is 6.47. The Bertz CT molecular complexity index is 464. The first-order valence-electron chi connectivity index (χ1n) is 5.07. The molecule has 6 heteroatoms. The van der Waals surface area contributed by atoms with E-state index in [1.165, 1.54) is 4.68 Å². The average Bonchev–Trinajstić information content (AvgIpc) is 2.28. The van der Waals surface area contributed by atoms with Crippen molar-refractivity contribution in [2.45, 2.75) is 20.4 Å². The third-order valence-electron chi connectivity index (χ3n) is 2.40. The van der Waals surface area contributed by atoms with Crippen LogP contribution in [0.15, 0.2) is 9.59 Å². The Balaban J connectivity index is 2.82. The van der Waals surface area contributed by atoms with E-state index in [1.807, 2.05) is 0 Å². The number of hydrogen-bond acceptors (Lipinski definition) is 4. The summed E-state index contributed by atoms with van der Waals surface area (Å²) in [4.78, 5) is 23.2. The third kappa shape index (κ3) is 2.99. The summed E-state index contributed by atoms with van der Waals surface area (Å²) in [6.07, 6.45) is 0. The van der Waals surface area contributed by atoms with Gasteiger partial charge >= 0.3 is 0 Å². The molecule has 0 radical (unpaired) electrons. The molecule has 1 N–H and O–H groups in total. The molecule has 1 rings (SSSR count). The van der Waals surface area contributed by atoms with E-state index in [9.17, 15) is 9.59 Å². The molecule has 5 nitrogen and oxygen atoms in total. The summed E-state index contributed by atoms with van der Waals surface area (Å²) in [7, 11) is 0. The van der Waals surface area contributed by atoms with Gasteiger partial charge in [-0.2, -0.15) is 12.6 Å². The van der Waals surface area contributed by atoms with Gasteiger partial charge < -0.3 is 4.74 Å². The van der Waals surface area contributed by atoms with Crippen LogP contribution in [0.25, 0.3) is 0 Å². The van der Waals surface area contributed by atoms with Crippen LogP contribution in [0.3, 0.4) is 0 Å². The molecule has 0 bridgehead atoms. The topological polar surface area (TPSA) is 64.1 Å². The Morgan fingerprint density at radius 2 is 1.94 bits per heavy atom. The highest BCUT2D eigenvalue weighted by Gasteiger charge is 2.06. The van der Waals surface area contributed by atoms with Crippen LogP contribution in [0.5, 0.6) is 0 Å². The minimum atomic E-state index is -0.230. The van der Waals surface area contributed by atoms with Gasteiger partial charge in [0.05, 0.1) is 19.8 Å². The van der Waals surface area contributed by atoms with Gasteiger partial charge in [-0.1, -0.05) is 0 Å². The standard InChI is InChI=1S/C10H16N2O3S/c1-7-8(2)10(14)12(11-9(7)13)3-4-15-5-6-16/h16H,3-6H2,1-2H3,(H,11,13). The second-order valence-electron chi connectivity index (χ2n) is 3.48. The lowest BCUT2D eigenvalue weighted by Gasteiger charge is -2.08. The molecule has 1 aromatic rings. The zero-order valence-electron chi connectivity index (χ0n) is 9.45. The second kappa shape index (κ2) is 5.91. The van der Waals surface area contributed by atoms with Crippen LogP contribution in [0, 0.1) is 13.8 Å². The lowest BCUT2D eigenvalue weighted by atomic mass is 10.2. The van der Waals surface area contributed by atoms with Crippen LogP contribution in [0.1, 0.15) is 11.1 Å². The van der Waals surface area contributed by atoms with E-state index >= 15 is 0 Å². The van der Waals surface area contributed by atoms with E-state index in [2.05, 4.69) is 17.7 Å². The fourth-order valence-electron chi connectivity index (χ4n) is 1.27. The molecular formula is C10H16N2O3S. The zero-order valence-corrected chi connectivity index (χ0v) is 10.3. The monoisotopic (exact) mass is 244 g/mol. The normalized spacial score (nSPS) is 10.7. The number of hydrogen-bond donors (Lipinski definition) is 2. The molecule has 90 valence electrons. The molecule has 0 aliphatic rings. The summed E-state index contributed by atoms with van der Waals surface area (Å²) >= 11 is 4.00. The first-order valence-corrected chi connectivity index (χ1v) is 5.70. The molecule has 0 aliphatic heterocycles. The molecule has 0 spiro atoms. The molecule has 0 atom stereocenters. The average molecular weight is 244 g/mol. The highest BCUT2D eigenvalue weighted by Crippen LogP contribution is 1.91. The van der Waals surface area contributed by atoms with Crippen LogP contribution in [0.4, 0.5) is 0 Å². The van der Waals surface area contributed by atoms with Gasteiger partial charge in [-0.25, -0.2) is 4.68 Å². The fourth-order valence-corrected chi connectivity index (χ4v) is 1.40. The zero-order chi connectivity index (χ0) is 12.1. The molecule has 0 saturated heterocycles. The summed E-state index contributed by atoms with van der Waals surface area (Å²) in [5, 5.41) is 2.51. The highest BCUT2D eigenvalue weighted by atomic mass is 32.1. The number of nitrogens with one attached hydrogen (secondary N) is 1. The number of aromatic amines is 1. The Labute approximate surface area is 98.8 Å². The van der Waals surface area contributed by atoms with Gasteiger partial charge in [0.25, 0.3) is 11.1 Å². The maximum atomic E-state index is 11.7. The van der Waals surface area contributed by atoms with Gasteiger partial charge in [0, 0.05) is 16.9 Å². The Kier molecular flexibility index (Phi) is 4.82. The van der Waals surface area contributed by atoms with Gasteiger partial charge in [-0.3, -0.25) is 14.7 Å². The van der Waals surface area contributed by atoms with Crippen molar-refractivity contribution in [3.63, 3.8) is 0 Å². The van der Waals surface area contributed by atoms with E-state index in [-0.39, 0.29) is 11.1 Å². The van der Waals surface area contributed by atoms with Crippen molar-refractivity contribution in [1.29, 1.82) is 0 Å². The second-order valence-corrected chi connectivity index (χ2v) is 3.93. The quantitative estimate of drug-likeness (QED) is 0.570. The minimum absolute atomic E-state index is 0.174. The maximum Gasteiger partial charge on any atom is 0.268 e. The molecule has 1 heterocycles. The lowest BCUT2D eigenvalue weighted by molar-refractivity contribution is 0.137. The molecule has 0 amide bonds. The van der Waals surface area contributed by atoms with Crippen LogP contribution < -0.4 is 11.1 Å². The van der Waals surface area contributed by atoms with Crippen LogP contribution >= 0.6 is 12.6 Å². The van der Waals surface area contributed by atoms with Crippen molar-refractivity contribution < 1.29 is 4.74 Å². The van der Waals surface area contributed by atoms with Crippen molar-refractivity contribution in [3.8, 4) is 0 Å². The van der Waals surface area contributed by atoms with E-state index in [4.69, 9.17) is 4.74 Å². The van der Waals surface area contributed by atoms with Crippen molar-refractivity contribution in [2.75, 3.05) is 19.0 Å². The van der Waals surface area contributed by atoms with Crippen molar-refractivity contribution in [1.82, 2.24) is 9.78 Å². The maximum absolute atomic E-state index is 11.7. The van der Waals surface area contributed by atoms with E-state index in [0.29, 0.717) is 36.6 Å². The predicted octanol–water partition coefficient (Wildman–Crippen LogP) is 0.0998. The van der Waals surface area contributed by atoms with E-state index in [1.54, 1.807) is 13.8 Å². The summed E-state index contributed by atoms with van der Waals surface area (Å²) in [6.45, 7) is 4.56. The lowest BCUT2D eigenvalue weighted by Crippen LogP contribution is -2.34. The van der Waals surface area contributed by atoms with Crippen molar-refractivity contribution in [3.05, 3.63) is 31.8 Å². The summed E-state index contributed by atoms with van der Waals surface area (Å²) in [6, 6.07) is 0. The Morgan fingerprint density at radius 1 is 1.25 bits per heavy atom. The number of ether oxygens (including phenoxy) is 1. The number of H-pyrrole nitrogens is 1. The van der Waals surface area contributed by atoms with E-state index in [0.717, 1.165) is 0 Å². The highest BCUT2D eigenvalue weighted by molar-refractivity contribution is 7.80. The molecule has 0 aliphatic carbocycles. The van der Waals surface area contributed by atoms with Gasteiger partial charge in [0.2, 0.25) is 0 Å². The molecule has 0 aromatic carbocycles. The number of nitrogens with zero attached hydrogens (tertiary/aromatic N) is 1. The first-order chi connectivity index (χ1) is 7.57. The largest absolute Gasteiger partial charge is 0.379 e. The van der Waals surface area contributed by atoms with Gasteiger partial charge in [0.1, 0.15) is 0 Å². The van der Waals surface area contributed by atoms with Crippen LogP contribution in [-0.4, -0.2) is 28.7 Å². The van der Waals surface area contributed by atoms with Crippen LogP contribution in [0.2, 0.25) is 0 Å². The summed E-state index contributed by atoms with van der Waals surface area (Å²) in [5.74, 6) is 0.637. The third-order valence-corrected chi connectivity index (χ3v) is 2.58. The molecule has 1 aromatic heterocycles. The van der Waals surface area contributed by atoms with Gasteiger partial charge in [0.15, 0.2) is 0 Å². The predicted molar refractivity (Wildman–Crippen MR) is 65.5 cm³/mol. The number of aromatic nitrogens is 2. The number of thiol groups is 1. The van der Waals surface area contributed by atoms with Gasteiger partial charge in [-0.05, 0) is 13.8 Å². The van der Waals surface area contributed by atoms with Crippen molar-refractivity contribution in [2.24, 2.45) is 0 Å². The SMILES string of the molecule is Cc1c(C)c(=O)n(CCOCCS)[nH]c1=O. The summed E-state index contributed by atoms with van der Waals surface area (Å²) in [5.41, 5.74) is 0.549. The molecule has 16 heavy (non-hydrogen) atoms. The first kappa shape index (κ1) is 13.1. The van der Waals surface area contributed by atoms with Crippen molar-refractivity contribution >= 4 is 12.6 Å².